The predicted molar refractivity (Wildman–Crippen MR) is 99.1 cm³/mol. The normalized spacial score (nSPS) is 15.3. The molecule has 0 unspecified atom stereocenters. The van der Waals surface area contributed by atoms with Gasteiger partial charge in [0, 0.05) is 11.4 Å². The van der Waals surface area contributed by atoms with E-state index in [1.807, 2.05) is 6.26 Å². The lowest BCUT2D eigenvalue weighted by molar-refractivity contribution is 0.957. The average molecular weight is 330 g/mol. The molecular formula is C17H15NS3. The maximum atomic E-state index is 5.37. The van der Waals surface area contributed by atoms with Crippen LogP contribution in [0.4, 0.5) is 5.69 Å². The van der Waals surface area contributed by atoms with E-state index in [2.05, 4.69) is 65.6 Å². The molecule has 0 saturated heterocycles. The Labute approximate surface area is 139 Å². The summed E-state index contributed by atoms with van der Waals surface area (Å²) in [6.07, 6.45) is 4.13. The molecule has 106 valence electrons. The van der Waals surface area contributed by atoms with Crippen molar-refractivity contribution in [3.8, 4) is 0 Å². The number of hydrogen-bond donors (Lipinski definition) is 0. The molecule has 0 radical (unpaired) electrons. The molecule has 0 spiro atoms. The highest BCUT2D eigenvalue weighted by atomic mass is 32.2. The summed E-state index contributed by atoms with van der Waals surface area (Å²) in [5.41, 5.74) is 2.57. The van der Waals surface area contributed by atoms with E-state index in [4.69, 9.17) is 12.2 Å². The van der Waals surface area contributed by atoms with E-state index in [0.29, 0.717) is 0 Å². The Bertz CT molecular complexity index is 679. The molecule has 0 amide bonds. The van der Waals surface area contributed by atoms with E-state index < -0.39 is 0 Å². The lowest BCUT2D eigenvalue weighted by Gasteiger charge is -2.20. The predicted octanol–water partition coefficient (Wildman–Crippen LogP) is 5.33. The van der Waals surface area contributed by atoms with Gasteiger partial charge in [-0.3, -0.25) is 0 Å². The topological polar surface area (TPSA) is 3.24 Å². The third-order valence-electron chi connectivity index (χ3n) is 3.26. The highest BCUT2D eigenvalue weighted by Gasteiger charge is 2.24. The molecule has 1 aliphatic heterocycles. The third-order valence-corrected chi connectivity index (χ3v) is 5.51. The van der Waals surface area contributed by atoms with Gasteiger partial charge in [-0.1, -0.05) is 66.4 Å². The molecule has 0 aliphatic carbocycles. The monoisotopic (exact) mass is 329 g/mol. The Balaban J connectivity index is 1.95. The first-order valence-corrected chi connectivity index (χ1v) is 9.11. The number of nitrogens with zero attached hydrogens (tertiary/aromatic N) is 1. The van der Waals surface area contributed by atoms with Gasteiger partial charge in [0.05, 0.1) is 14.9 Å². The number of thiocarbonyl (C=S) groups is 1. The van der Waals surface area contributed by atoms with Crippen LogP contribution < -0.4 is 4.90 Å². The summed E-state index contributed by atoms with van der Waals surface area (Å²) in [4.78, 5) is 3.64. The van der Waals surface area contributed by atoms with Gasteiger partial charge in [0.15, 0.2) is 0 Å². The van der Waals surface area contributed by atoms with Crippen molar-refractivity contribution in [3.05, 3.63) is 71.3 Å². The van der Waals surface area contributed by atoms with Gasteiger partial charge < -0.3 is 4.90 Å². The summed E-state index contributed by atoms with van der Waals surface area (Å²) in [5, 5.41) is 1.21. The molecule has 4 heteroatoms. The van der Waals surface area contributed by atoms with Gasteiger partial charge in [-0.05, 0) is 30.0 Å². The Hall–Kier alpha value is -1.23. The van der Waals surface area contributed by atoms with Crippen molar-refractivity contribution in [2.75, 3.05) is 11.2 Å². The summed E-state index contributed by atoms with van der Waals surface area (Å²) in [6.45, 7) is 0.869. The van der Waals surface area contributed by atoms with Gasteiger partial charge in [-0.15, -0.1) is 11.8 Å². The summed E-state index contributed by atoms with van der Waals surface area (Å²) >= 11 is 8.77. The smallest absolute Gasteiger partial charge is 0.0824 e. The first-order valence-electron chi connectivity index (χ1n) is 6.66. The molecule has 0 saturated carbocycles. The maximum absolute atomic E-state index is 5.37. The fourth-order valence-corrected chi connectivity index (χ4v) is 3.84. The van der Waals surface area contributed by atoms with E-state index in [-0.39, 0.29) is 0 Å². The van der Waals surface area contributed by atoms with Crippen molar-refractivity contribution < 1.29 is 0 Å². The number of rotatable bonds is 3. The van der Waals surface area contributed by atoms with Gasteiger partial charge in [-0.2, -0.15) is 0 Å². The first kappa shape index (κ1) is 14.7. The van der Waals surface area contributed by atoms with Crippen LogP contribution in [0.3, 0.4) is 0 Å². The quantitative estimate of drug-likeness (QED) is 0.553. The molecule has 1 aliphatic rings. The second-order valence-corrected chi connectivity index (χ2v) is 7.26. The molecule has 0 bridgehead atoms. The molecule has 3 rings (SSSR count). The van der Waals surface area contributed by atoms with Crippen molar-refractivity contribution in [1.29, 1.82) is 0 Å². The van der Waals surface area contributed by atoms with Crippen molar-refractivity contribution in [3.63, 3.8) is 0 Å². The molecule has 21 heavy (non-hydrogen) atoms. The average Bonchev–Trinajstić information content (AvgIpc) is 2.86. The van der Waals surface area contributed by atoms with Gasteiger partial charge in [-0.25, -0.2) is 0 Å². The Morgan fingerprint density at radius 1 is 1.14 bits per heavy atom. The van der Waals surface area contributed by atoms with Crippen LogP contribution >= 0.6 is 35.7 Å². The minimum absolute atomic E-state index is 0.869. The number of benzene rings is 2. The van der Waals surface area contributed by atoms with Crippen LogP contribution in [0.5, 0.6) is 0 Å². The Morgan fingerprint density at radius 3 is 2.62 bits per heavy atom. The summed E-state index contributed by atoms with van der Waals surface area (Å²) < 4.78 is 0.920. The minimum Gasteiger partial charge on any atom is -0.330 e. The van der Waals surface area contributed by atoms with Crippen molar-refractivity contribution in [1.82, 2.24) is 0 Å². The highest BCUT2D eigenvalue weighted by Crippen LogP contribution is 2.46. The van der Waals surface area contributed by atoms with Crippen LogP contribution in [-0.2, 0) is 6.54 Å². The fraction of sp³-hybridized carbons (Fsp3) is 0.118. The van der Waals surface area contributed by atoms with Crippen molar-refractivity contribution >= 4 is 45.6 Å². The molecule has 1 heterocycles. The van der Waals surface area contributed by atoms with Crippen LogP contribution in [0.25, 0.3) is 0 Å². The van der Waals surface area contributed by atoms with Crippen LogP contribution in [0.1, 0.15) is 5.56 Å². The minimum atomic E-state index is 0.869. The third kappa shape index (κ3) is 3.34. The Morgan fingerprint density at radius 2 is 1.86 bits per heavy atom. The molecule has 1 nitrogen and oxygen atoms in total. The molecule has 0 atom stereocenters. The maximum Gasteiger partial charge on any atom is 0.0824 e. The largest absolute Gasteiger partial charge is 0.330 e. The number of anilines is 1. The zero-order valence-electron chi connectivity index (χ0n) is 11.7. The highest BCUT2D eigenvalue weighted by molar-refractivity contribution is 8.23. The number of fused-ring (bicyclic) bond motifs is 1. The summed E-state index contributed by atoms with van der Waals surface area (Å²) in [5.74, 6) is 0. The Kier molecular flexibility index (Phi) is 4.68. The second kappa shape index (κ2) is 6.69. The number of thioether (sulfide) groups is 2. The van der Waals surface area contributed by atoms with Crippen molar-refractivity contribution in [2.45, 2.75) is 11.4 Å². The van der Waals surface area contributed by atoms with Gasteiger partial charge in [0.2, 0.25) is 0 Å². The van der Waals surface area contributed by atoms with E-state index in [1.54, 1.807) is 23.5 Å². The molecule has 0 N–H and O–H groups in total. The van der Waals surface area contributed by atoms with E-state index in [9.17, 15) is 0 Å². The fourth-order valence-electron chi connectivity index (χ4n) is 2.25. The van der Waals surface area contributed by atoms with Crippen molar-refractivity contribution in [2.24, 2.45) is 0 Å². The van der Waals surface area contributed by atoms with Gasteiger partial charge >= 0.3 is 0 Å². The van der Waals surface area contributed by atoms with Gasteiger partial charge in [0.25, 0.3) is 0 Å². The SMILES string of the molecule is CSC(=S)/C=C1\Sc2ccccc2N1Cc1ccccc1. The van der Waals surface area contributed by atoms with Crippen LogP contribution in [-0.4, -0.2) is 10.5 Å². The van der Waals surface area contributed by atoms with Gasteiger partial charge in [0.1, 0.15) is 0 Å². The summed E-state index contributed by atoms with van der Waals surface area (Å²) in [7, 11) is 0. The molecule has 2 aromatic rings. The van der Waals surface area contributed by atoms with Crippen LogP contribution in [0.15, 0.2) is 70.6 Å². The van der Waals surface area contributed by atoms with Crippen LogP contribution in [0, 0.1) is 0 Å². The first-order chi connectivity index (χ1) is 10.3. The molecular weight excluding hydrogens is 314 g/mol. The zero-order chi connectivity index (χ0) is 14.7. The standard InChI is InChI=1S/C17H15NS3/c1-20-17(19)11-16-18(12-13-7-3-2-4-8-13)14-9-5-6-10-15(14)21-16/h2-11H,12H2,1H3/b16-11-. The molecule has 2 aromatic carbocycles. The zero-order valence-corrected chi connectivity index (χ0v) is 14.1. The second-order valence-electron chi connectivity index (χ2n) is 4.65. The molecule has 0 aromatic heterocycles. The lowest BCUT2D eigenvalue weighted by Crippen LogP contribution is -2.17. The lowest BCUT2D eigenvalue weighted by atomic mass is 10.2. The van der Waals surface area contributed by atoms with E-state index in [0.717, 1.165) is 10.7 Å². The van der Waals surface area contributed by atoms with E-state index >= 15 is 0 Å². The van der Waals surface area contributed by atoms with E-state index in [1.165, 1.54) is 21.2 Å². The molecule has 0 fully saturated rings. The summed E-state index contributed by atoms with van der Waals surface area (Å²) in [6, 6.07) is 19.1. The number of para-hydroxylation sites is 1. The van der Waals surface area contributed by atoms with Crippen LogP contribution in [0.2, 0.25) is 0 Å². The number of hydrogen-bond acceptors (Lipinski definition) is 4.